The van der Waals surface area contributed by atoms with Gasteiger partial charge in [-0.15, -0.1) is 0 Å². The van der Waals surface area contributed by atoms with Crippen molar-refractivity contribution in [3.63, 3.8) is 0 Å². The summed E-state index contributed by atoms with van der Waals surface area (Å²) in [6.07, 6.45) is 14.9. The number of hydrogen-bond acceptors (Lipinski definition) is 4. The summed E-state index contributed by atoms with van der Waals surface area (Å²) in [6, 6.07) is 52.4. The van der Waals surface area contributed by atoms with Crippen molar-refractivity contribution >= 4 is 64.6 Å². The minimum Gasteiger partial charge on any atom is -0.265 e. The summed E-state index contributed by atoms with van der Waals surface area (Å²) < 4.78 is 0. The van der Waals surface area contributed by atoms with Crippen LogP contribution in [0.5, 0.6) is 0 Å². The maximum Gasteiger partial charge on any atom is 0.0273 e. The van der Waals surface area contributed by atoms with Gasteiger partial charge in [0.25, 0.3) is 0 Å². The van der Waals surface area contributed by atoms with Gasteiger partial charge in [0.2, 0.25) is 0 Å². The molecule has 0 amide bonds. The minimum atomic E-state index is 1.19. The Balaban J connectivity index is 0.000000130. The van der Waals surface area contributed by atoms with E-state index in [4.69, 9.17) is 0 Å². The monoisotopic (exact) mass is 712 g/mol. The minimum absolute atomic E-state index is 1.19. The molecule has 0 radical (unpaired) electrons. The number of nitrogens with zero attached hydrogens (tertiary/aromatic N) is 4. The topological polar surface area (TPSA) is 51.6 Å². The summed E-state index contributed by atoms with van der Waals surface area (Å²) in [7, 11) is 0. The third-order valence-corrected chi connectivity index (χ3v) is 11.2. The van der Waals surface area contributed by atoms with Gasteiger partial charge in [-0.2, -0.15) is 0 Å². The number of rotatable bonds is 4. The summed E-state index contributed by atoms with van der Waals surface area (Å²) in [4.78, 5) is 16.8. The van der Waals surface area contributed by atoms with Gasteiger partial charge in [-0.3, -0.25) is 19.9 Å². The van der Waals surface area contributed by atoms with E-state index >= 15 is 0 Å². The molecule has 0 bridgehead atoms. The smallest absolute Gasteiger partial charge is 0.0273 e. The zero-order chi connectivity index (χ0) is 37.0. The lowest BCUT2D eigenvalue weighted by molar-refractivity contribution is 1.33. The van der Waals surface area contributed by atoms with Crippen molar-refractivity contribution in [2.24, 2.45) is 0 Å². The molecule has 0 aliphatic carbocycles. The molecular weight excluding hydrogens is 681 g/mol. The molecule has 0 unspecified atom stereocenters. The molecule has 0 aliphatic rings. The molecule has 4 heteroatoms. The summed E-state index contributed by atoms with van der Waals surface area (Å²) in [6.45, 7) is 0. The third-order valence-electron chi connectivity index (χ3n) is 11.2. The van der Waals surface area contributed by atoms with Gasteiger partial charge in [0.15, 0.2) is 0 Å². The number of benzene rings is 8. The molecule has 0 saturated carbocycles. The van der Waals surface area contributed by atoms with Gasteiger partial charge in [-0.1, -0.05) is 72.8 Å². The molecular formula is C52H32N4. The van der Waals surface area contributed by atoms with Crippen LogP contribution in [0.1, 0.15) is 0 Å². The van der Waals surface area contributed by atoms with Crippen LogP contribution in [0.4, 0.5) is 0 Å². The van der Waals surface area contributed by atoms with Gasteiger partial charge in [-0.05, 0) is 182 Å². The van der Waals surface area contributed by atoms with Gasteiger partial charge in [-0.25, -0.2) is 0 Å². The highest BCUT2D eigenvalue weighted by Gasteiger charge is 2.18. The predicted molar refractivity (Wildman–Crippen MR) is 233 cm³/mol. The molecule has 0 fully saturated rings. The lowest BCUT2D eigenvalue weighted by atomic mass is 9.86. The van der Waals surface area contributed by atoms with Gasteiger partial charge in [0, 0.05) is 49.6 Å². The highest BCUT2D eigenvalue weighted by Crippen LogP contribution is 2.45. The van der Waals surface area contributed by atoms with Crippen molar-refractivity contribution in [2.75, 3.05) is 0 Å². The van der Waals surface area contributed by atoms with E-state index in [0.29, 0.717) is 0 Å². The molecule has 8 aromatic carbocycles. The number of pyridine rings is 4. The maximum absolute atomic E-state index is 4.19. The normalized spacial score (nSPS) is 11.6. The molecule has 12 aromatic rings. The molecule has 0 aliphatic heterocycles. The Morgan fingerprint density at radius 3 is 0.714 bits per heavy atom. The van der Waals surface area contributed by atoms with Crippen LogP contribution in [0.15, 0.2) is 195 Å². The van der Waals surface area contributed by atoms with Gasteiger partial charge in [0.1, 0.15) is 0 Å². The van der Waals surface area contributed by atoms with Crippen LogP contribution in [0.2, 0.25) is 0 Å². The van der Waals surface area contributed by atoms with E-state index in [2.05, 4.69) is 166 Å². The van der Waals surface area contributed by atoms with Gasteiger partial charge >= 0.3 is 0 Å². The molecule has 56 heavy (non-hydrogen) atoms. The quantitative estimate of drug-likeness (QED) is 0.170. The molecule has 4 aromatic heterocycles. The fourth-order valence-corrected chi connectivity index (χ4v) is 8.79. The zero-order valence-corrected chi connectivity index (χ0v) is 30.3. The Labute approximate surface area is 323 Å². The van der Waals surface area contributed by atoms with E-state index in [1.165, 1.54) is 109 Å². The highest BCUT2D eigenvalue weighted by atomic mass is 14.6. The SMILES string of the molecule is c1cc2cc(-c3ccncc3)c3cccc4c(-c5ccncc5)cc(c1)c2c34.c1cc2cc(-c3ccncc3)c3cccc4c(-c5ccncc5)cc(c1)c2c34. The molecule has 260 valence electrons. The van der Waals surface area contributed by atoms with Crippen molar-refractivity contribution in [1.29, 1.82) is 0 Å². The van der Waals surface area contributed by atoms with Crippen LogP contribution in [0.3, 0.4) is 0 Å². The summed E-state index contributed by atoms with van der Waals surface area (Å²) in [5, 5.41) is 15.5. The predicted octanol–water partition coefficient (Wildman–Crippen LogP) is 13.4. The van der Waals surface area contributed by atoms with E-state index in [9.17, 15) is 0 Å². The first-order valence-corrected chi connectivity index (χ1v) is 18.8. The lowest BCUT2D eigenvalue weighted by Crippen LogP contribution is -1.90. The van der Waals surface area contributed by atoms with E-state index in [0.717, 1.165) is 0 Å². The second-order valence-corrected chi connectivity index (χ2v) is 14.3. The second-order valence-electron chi connectivity index (χ2n) is 14.3. The van der Waals surface area contributed by atoms with Crippen LogP contribution >= 0.6 is 0 Å². The van der Waals surface area contributed by atoms with E-state index < -0.39 is 0 Å². The van der Waals surface area contributed by atoms with Crippen molar-refractivity contribution in [3.05, 3.63) is 195 Å². The van der Waals surface area contributed by atoms with E-state index in [1.807, 2.05) is 49.6 Å². The third kappa shape index (κ3) is 5.15. The maximum atomic E-state index is 4.19. The van der Waals surface area contributed by atoms with Crippen LogP contribution in [-0.2, 0) is 0 Å². The van der Waals surface area contributed by atoms with Crippen LogP contribution in [-0.4, -0.2) is 19.9 Å². The first-order valence-electron chi connectivity index (χ1n) is 18.8. The molecule has 0 saturated heterocycles. The first kappa shape index (κ1) is 31.9. The number of aromatic nitrogens is 4. The summed E-state index contributed by atoms with van der Waals surface area (Å²) in [5.74, 6) is 0. The van der Waals surface area contributed by atoms with Crippen molar-refractivity contribution < 1.29 is 0 Å². The van der Waals surface area contributed by atoms with Crippen molar-refractivity contribution in [2.45, 2.75) is 0 Å². The van der Waals surface area contributed by atoms with Crippen molar-refractivity contribution in [1.82, 2.24) is 19.9 Å². The Hall–Kier alpha value is -7.56. The fourth-order valence-electron chi connectivity index (χ4n) is 8.79. The molecule has 0 N–H and O–H groups in total. The fraction of sp³-hybridized carbons (Fsp3) is 0. The first-order chi connectivity index (χ1) is 27.8. The highest BCUT2D eigenvalue weighted by molar-refractivity contribution is 6.30. The average Bonchev–Trinajstić information content (AvgIpc) is 3.28. The molecule has 0 atom stereocenters. The van der Waals surface area contributed by atoms with Crippen LogP contribution in [0, 0.1) is 0 Å². The average molecular weight is 713 g/mol. The summed E-state index contributed by atoms with van der Waals surface area (Å²) in [5.41, 5.74) is 9.78. The van der Waals surface area contributed by atoms with E-state index in [1.54, 1.807) is 0 Å². The standard InChI is InChI=1S/2C26H16N2/c2*1-3-19-15-23(17-7-11-27-12-8-17)21-5-2-6-22-24(18-9-13-28-14-10-18)16-20(4-1)25(19)26(21)22/h2*1-16H. The van der Waals surface area contributed by atoms with Gasteiger partial charge in [0.05, 0.1) is 0 Å². The Morgan fingerprint density at radius 1 is 0.232 bits per heavy atom. The second kappa shape index (κ2) is 13.1. The Bertz CT molecular complexity index is 2890. The number of hydrogen-bond donors (Lipinski definition) is 0. The largest absolute Gasteiger partial charge is 0.265 e. The molecule has 4 nitrogen and oxygen atoms in total. The van der Waals surface area contributed by atoms with Crippen molar-refractivity contribution in [3.8, 4) is 44.5 Å². The zero-order valence-electron chi connectivity index (χ0n) is 30.3. The molecule has 4 heterocycles. The van der Waals surface area contributed by atoms with Crippen LogP contribution in [0.25, 0.3) is 109 Å². The molecule has 12 rings (SSSR count). The Morgan fingerprint density at radius 2 is 0.464 bits per heavy atom. The summed E-state index contributed by atoms with van der Waals surface area (Å²) >= 11 is 0. The Kier molecular flexibility index (Phi) is 7.46. The van der Waals surface area contributed by atoms with Gasteiger partial charge < -0.3 is 0 Å². The van der Waals surface area contributed by atoms with E-state index in [-0.39, 0.29) is 0 Å². The molecule has 0 spiro atoms. The lowest BCUT2D eigenvalue weighted by Gasteiger charge is -2.17. The van der Waals surface area contributed by atoms with Crippen LogP contribution < -0.4 is 0 Å².